The molecule has 2 rings (SSSR count). The molecule has 0 aromatic carbocycles. The number of carbonyl (C=O) groups excluding carboxylic acids is 1. The minimum absolute atomic E-state index is 0.143. The molecule has 118 valence electrons. The van der Waals surface area contributed by atoms with E-state index in [1.807, 2.05) is 20.8 Å². The quantitative estimate of drug-likeness (QED) is 0.898. The zero-order valence-corrected chi connectivity index (χ0v) is 13.2. The molecular formula is C15H25N3O3. The molecule has 0 aliphatic heterocycles. The number of anilines is 1. The van der Waals surface area contributed by atoms with Crippen LogP contribution in [0.1, 0.15) is 45.8 Å². The fourth-order valence-electron chi connectivity index (χ4n) is 2.56. The van der Waals surface area contributed by atoms with E-state index >= 15 is 0 Å². The number of hydrogen-bond donors (Lipinski definition) is 2. The molecule has 6 heteroatoms. The Kier molecular flexibility index (Phi) is 4.56. The summed E-state index contributed by atoms with van der Waals surface area (Å²) in [5.41, 5.74) is -0.143. The number of amides is 2. The predicted molar refractivity (Wildman–Crippen MR) is 80.2 cm³/mol. The van der Waals surface area contributed by atoms with Crippen LogP contribution in [0.15, 0.2) is 10.6 Å². The molecule has 0 spiro atoms. The Bertz CT molecular complexity index is 493. The maximum absolute atomic E-state index is 12.1. The van der Waals surface area contributed by atoms with Crippen LogP contribution in [0.4, 0.5) is 10.6 Å². The number of aliphatic hydroxyl groups excluding tert-OH is 1. The van der Waals surface area contributed by atoms with E-state index in [0.717, 1.165) is 25.0 Å². The van der Waals surface area contributed by atoms with Crippen LogP contribution < -0.4 is 5.32 Å². The topological polar surface area (TPSA) is 78.6 Å². The third kappa shape index (κ3) is 3.97. The summed E-state index contributed by atoms with van der Waals surface area (Å²) < 4.78 is 5.24. The van der Waals surface area contributed by atoms with E-state index in [1.165, 1.54) is 0 Å². The van der Waals surface area contributed by atoms with Crippen molar-refractivity contribution >= 4 is 11.8 Å². The van der Waals surface area contributed by atoms with Crippen molar-refractivity contribution in [1.29, 1.82) is 0 Å². The third-order valence-electron chi connectivity index (χ3n) is 3.96. The maximum Gasteiger partial charge on any atom is 0.322 e. The Morgan fingerprint density at radius 1 is 1.52 bits per heavy atom. The molecule has 1 aromatic heterocycles. The number of aliphatic hydroxyl groups is 1. The van der Waals surface area contributed by atoms with Crippen LogP contribution in [0.5, 0.6) is 0 Å². The average Bonchev–Trinajstić information content (AvgIpc) is 2.99. The minimum atomic E-state index is -0.292. The molecule has 2 atom stereocenters. The van der Waals surface area contributed by atoms with Gasteiger partial charge in [-0.25, -0.2) is 4.79 Å². The number of nitrogens with one attached hydrogen (secondary N) is 1. The standard InChI is InChI=1S/C15H25N3O3/c1-15(2,3)12-8-13(17-21-12)16-14(20)18(4)9-10-6-5-7-11(10)19/h8,10-11,19H,5-7,9H2,1-4H3,(H,16,17,20). The van der Waals surface area contributed by atoms with Crippen molar-refractivity contribution in [2.24, 2.45) is 5.92 Å². The largest absolute Gasteiger partial charge is 0.393 e. The van der Waals surface area contributed by atoms with E-state index in [2.05, 4.69) is 10.5 Å². The number of rotatable bonds is 3. The number of nitrogens with zero attached hydrogens (tertiary/aromatic N) is 2. The summed E-state index contributed by atoms with van der Waals surface area (Å²) in [6, 6.07) is 1.51. The number of hydrogen-bond acceptors (Lipinski definition) is 4. The van der Waals surface area contributed by atoms with Gasteiger partial charge in [0.2, 0.25) is 0 Å². The number of carbonyl (C=O) groups is 1. The number of aromatic nitrogens is 1. The Labute approximate surface area is 125 Å². The van der Waals surface area contributed by atoms with Gasteiger partial charge in [0, 0.05) is 31.0 Å². The highest BCUT2D eigenvalue weighted by molar-refractivity contribution is 5.88. The van der Waals surface area contributed by atoms with Crippen molar-refractivity contribution in [2.75, 3.05) is 18.9 Å². The van der Waals surface area contributed by atoms with Crippen molar-refractivity contribution in [1.82, 2.24) is 10.1 Å². The summed E-state index contributed by atoms with van der Waals surface area (Å²) >= 11 is 0. The van der Waals surface area contributed by atoms with Crippen LogP contribution >= 0.6 is 0 Å². The van der Waals surface area contributed by atoms with E-state index in [0.29, 0.717) is 12.4 Å². The first-order chi connectivity index (χ1) is 9.77. The summed E-state index contributed by atoms with van der Waals surface area (Å²) in [5.74, 6) is 1.32. The molecule has 0 radical (unpaired) electrons. The highest BCUT2D eigenvalue weighted by atomic mass is 16.5. The van der Waals surface area contributed by atoms with Gasteiger partial charge in [-0.05, 0) is 12.8 Å². The van der Waals surface area contributed by atoms with E-state index in [4.69, 9.17) is 4.52 Å². The van der Waals surface area contributed by atoms with E-state index in [-0.39, 0.29) is 23.5 Å². The lowest BCUT2D eigenvalue weighted by Gasteiger charge is -2.23. The second kappa shape index (κ2) is 6.05. The minimum Gasteiger partial charge on any atom is -0.393 e. The van der Waals surface area contributed by atoms with Crippen LogP contribution in [-0.4, -0.2) is 40.9 Å². The average molecular weight is 295 g/mol. The van der Waals surface area contributed by atoms with Crippen molar-refractivity contribution in [3.8, 4) is 0 Å². The first-order valence-corrected chi connectivity index (χ1v) is 7.45. The van der Waals surface area contributed by atoms with Crippen molar-refractivity contribution < 1.29 is 14.4 Å². The molecule has 2 amide bonds. The molecule has 21 heavy (non-hydrogen) atoms. The fraction of sp³-hybridized carbons (Fsp3) is 0.733. The zero-order chi connectivity index (χ0) is 15.6. The van der Waals surface area contributed by atoms with Crippen molar-refractivity contribution in [3.05, 3.63) is 11.8 Å². The highest BCUT2D eigenvalue weighted by Gasteiger charge is 2.28. The van der Waals surface area contributed by atoms with Crippen LogP contribution in [0.2, 0.25) is 0 Å². The van der Waals surface area contributed by atoms with Gasteiger partial charge in [0.15, 0.2) is 5.82 Å². The molecular weight excluding hydrogens is 270 g/mol. The lowest BCUT2D eigenvalue weighted by molar-refractivity contribution is 0.116. The summed E-state index contributed by atoms with van der Waals surface area (Å²) in [4.78, 5) is 13.7. The highest BCUT2D eigenvalue weighted by Crippen LogP contribution is 2.27. The summed E-state index contributed by atoms with van der Waals surface area (Å²) in [6.45, 7) is 6.61. The second-order valence-electron chi connectivity index (χ2n) is 6.90. The second-order valence-corrected chi connectivity index (χ2v) is 6.90. The molecule has 2 unspecified atom stereocenters. The molecule has 1 aromatic rings. The van der Waals surface area contributed by atoms with Gasteiger partial charge in [-0.3, -0.25) is 5.32 Å². The monoisotopic (exact) mass is 295 g/mol. The SMILES string of the molecule is CN(CC1CCCC1O)C(=O)Nc1cc(C(C)(C)C)on1. The molecule has 1 aliphatic rings. The Hall–Kier alpha value is -1.56. The Morgan fingerprint density at radius 2 is 2.24 bits per heavy atom. The van der Waals surface area contributed by atoms with Crippen LogP contribution in [0.3, 0.4) is 0 Å². The fourth-order valence-corrected chi connectivity index (χ4v) is 2.56. The van der Waals surface area contributed by atoms with Gasteiger partial charge in [-0.15, -0.1) is 0 Å². The third-order valence-corrected chi connectivity index (χ3v) is 3.96. The zero-order valence-electron chi connectivity index (χ0n) is 13.2. The smallest absolute Gasteiger partial charge is 0.322 e. The van der Waals surface area contributed by atoms with Crippen LogP contribution in [0, 0.1) is 5.92 Å². The van der Waals surface area contributed by atoms with Gasteiger partial charge in [0.05, 0.1) is 6.10 Å². The van der Waals surface area contributed by atoms with Crippen molar-refractivity contribution in [2.45, 2.75) is 51.6 Å². The Balaban J connectivity index is 1.90. The normalized spacial score (nSPS) is 22.3. The van der Waals surface area contributed by atoms with Crippen LogP contribution in [0.25, 0.3) is 0 Å². The lowest BCUT2D eigenvalue weighted by Crippen LogP contribution is -2.37. The van der Waals surface area contributed by atoms with Gasteiger partial charge in [0.1, 0.15) is 5.76 Å². The first-order valence-electron chi connectivity index (χ1n) is 7.45. The van der Waals surface area contributed by atoms with Gasteiger partial charge in [0.25, 0.3) is 0 Å². The molecule has 2 N–H and O–H groups in total. The maximum atomic E-state index is 12.1. The predicted octanol–water partition coefficient (Wildman–Crippen LogP) is 2.60. The Morgan fingerprint density at radius 3 is 2.76 bits per heavy atom. The van der Waals surface area contributed by atoms with Gasteiger partial charge < -0.3 is 14.5 Å². The molecule has 1 aliphatic carbocycles. The van der Waals surface area contributed by atoms with Gasteiger partial charge in [-0.2, -0.15) is 0 Å². The molecule has 0 saturated heterocycles. The molecule has 1 heterocycles. The summed E-state index contributed by atoms with van der Waals surface area (Å²) in [7, 11) is 1.73. The van der Waals surface area contributed by atoms with E-state index in [9.17, 15) is 9.90 Å². The van der Waals surface area contributed by atoms with Crippen molar-refractivity contribution in [3.63, 3.8) is 0 Å². The number of urea groups is 1. The molecule has 0 bridgehead atoms. The lowest BCUT2D eigenvalue weighted by atomic mass is 9.93. The summed E-state index contributed by atoms with van der Waals surface area (Å²) in [5, 5.41) is 16.4. The first kappa shape index (κ1) is 15.8. The van der Waals surface area contributed by atoms with E-state index in [1.54, 1.807) is 18.0 Å². The van der Waals surface area contributed by atoms with Crippen LogP contribution in [-0.2, 0) is 5.41 Å². The van der Waals surface area contributed by atoms with Gasteiger partial charge >= 0.3 is 6.03 Å². The van der Waals surface area contributed by atoms with Gasteiger partial charge in [-0.1, -0.05) is 32.3 Å². The van der Waals surface area contributed by atoms with E-state index < -0.39 is 0 Å². The molecule has 6 nitrogen and oxygen atoms in total. The summed E-state index contributed by atoms with van der Waals surface area (Å²) in [6.07, 6.45) is 2.54. The molecule has 1 fully saturated rings. The molecule has 1 saturated carbocycles.